The van der Waals surface area contributed by atoms with E-state index >= 15 is 0 Å². The number of aliphatic hydroxyl groups is 2. The second kappa shape index (κ2) is 55.2. The third-order valence-electron chi connectivity index (χ3n) is 13.8. The maximum atomic E-state index is 12.5. The van der Waals surface area contributed by atoms with Gasteiger partial charge >= 0.3 is 5.97 Å². The molecule has 3 N–H and O–H groups in total. The van der Waals surface area contributed by atoms with Crippen molar-refractivity contribution in [3.63, 3.8) is 0 Å². The monoisotopic (exact) mass is 918 g/mol. The number of allylic oxidation sites excluding steroid dienone is 1. The molecule has 65 heavy (non-hydrogen) atoms. The number of ether oxygens (including phenoxy) is 1. The molecule has 0 aliphatic carbocycles. The van der Waals surface area contributed by atoms with Crippen LogP contribution in [0.2, 0.25) is 0 Å². The van der Waals surface area contributed by atoms with Crippen molar-refractivity contribution in [3.8, 4) is 0 Å². The molecule has 0 bridgehead atoms. The van der Waals surface area contributed by atoms with Crippen LogP contribution >= 0.6 is 0 Å². The maximum absolute atomic E-state index is 12.5. The molecule has 0 radical (unpaired) electrons. The number of rotatable bonds is 55. The molecule has 0 saturated carbocycles. The van der Waals surface area contributed by atoms with Crippen molar-refractivity contribution in [1.29, 1.82) is 0 Å². The summed E-state index contributed by atoms with van der Waals surface area (Å²) in [6.45, 7) is 4.91. The van der Waals surface area contributed by atoms with E-state index in [-0.39, 0.29) is 18.5 Å². The Morgan fingerprint density at radius 3 is 1.05 bits per heavy atom. The fraction of sp³-hybridized carbons (Fsp3) is 0.932. The summed E-state index contributed by atoms with van der Waals surface area (Å²) < 4.78 is 5.48. The van der Waals surface area contributed by atoms with Gasteiger partial charge in [-0.05, 0) is 32.1 Å². The Labute approximate surface area is 406 Å². The number of carbonyl (C=O) groups is 2. The van der Waals surface area contributed by atoms with Crippen LogP contribution < -0.4 is 5.32 Å². The van der Waals surface area contributed by atoms with Crippen LogP contribution in [0.3, 0.4) is 0 Å². The molecule has 0 aliphatic heterocycles. The van der Waals surface area contributed by atoms with Gasteiger partial charge in [-0.1, -0.05) is 296 Å². The Balaban J connectivity index is 3.45. The Morgan fingerprint density at radius 1 is 0.415 bits per heavy atom. The highest BCUT2D eigenvalue weighted by Gasteiger charge is 2.18. The molecule has 6 nitrogen and oxygen atoms in total. The summed E-state index contributed by atoms with van der Waals surface area (Å²) in [6.07, 6.45) is 65.1. The van der Waals surface area contributed by atoms with E-state index in [4.69, 9.17) is 4.74 Å². The molecule has 0 saturated heterocycles. The number of aliphatic hydroxyl groups excluding tert-OH is 2. The Kier molecular flexibility index (Phi) is 54.0. The smallest absolute Gasteiger partial charge is 0.305 e. The van der Waals surface area contributed by atoms with Crippen LogP contribution in [0.15, 0.2) is 12.2 Å². The molecule has 0 aromatic heterocycles. The first-order valence-corrected chi connectivity index (χ1v) is 29.5. The standard InChI is InChI=1S/C59H115NO5/c1-3-5-7-9-11-13-15-17-19-20-21-22-24-27-31-35-39-43-47-51-57(62)56(55-61)60-58(63)52-48-44-40-36-32-28-25-23-26-30-34-38-42-46-50-54-65-59(64)53-49-45-41-37-33-29-18-16-14-12-10-8-6-4-2/h47,51,56-57,61-62H,3-46,48-50,52-55H2,1-2H3,(H,60,63)/b51-47+. The Morgan fingerprint density at radius 2 is 0.708 bits per heavy atom. The Hall–Kier alpha value is -1.40. The van der Waals surface area contributed by atoms with Gasteiger partial charge in [-0.15, -0.1) is 0 Å². The molecule has 1 amide bonds. The number of hydrogen-bond donors (Lipinski definition) is 3. The molecule has 0 aliphatic rings. The lowest BCUT2D eigenvalue weighted by molar-refractivity contribution is -0.143. The van der Waals surface area contributed by atoms with Crippen LogP contribution in [0.4, 0.5) is 0 Å². The van der Waals surface area contributed by atoms with E-state index in [2.05, 4.69) is 19.2 Å². The van der Waals surface area contributed by atoms with Gasteiger partial charge in [-0.3, -0.25) is 9.59 Å². The van der Waals surface area contributed by atoms with Gasteiger partial charge in [0.25, 0.3) is 0 Å². The van der Waals surface area contributed by atoms with Gasteiger partial charge < -0.3 is 20.3 Å². The van der Waals surface area contributed by atoms with Gasteiger partial charge in [0.15, 0.2) is 0 Å². The zero-order valence-electron chi connectivity index (χ0n) is 44.0. The molecular weight excluding hydrogens is 803 g/mol. The van der Waals surface area contributed by atoms with E-state index in [1.165, 1.54) is 257 Å². The van der Waals surface area contributed by atoms with Crippen molar-refractivity contribution in [3.05, 3.63) is 12.2 Å². The number of carbonyl (C=O) groups excluding carboxylic acids is 2. The van der Waals surface area contributed by atoms with Gasteiger partial charge in [0, 0.05) is 12.8 Å². The number of nitrogens with one attached hydrogen (secondary N) is 1. The zero-order valence-corrected chi connectivity index (χ0v) is 44.0. The van der Waals surface area contributed by atoms with Crippen LogP contribution in [-0.4, -0.2) is 47.4 Å². The largest absolute Gasteiger partial charge is 0.466 e. The summed E-state index contributed by atoms with van der Waals surface area (Å²) in [5.74, 6) is -0.0707. The van der Waals surface area contributed by atoms with E-state index in [0.717, 1.165) is 44.9 Å². The summed E-state index contributed by atoms with van der Waals surface area (Å²) in [5.41, 5.74) is 0. The van der Waals surface area contributed by atoms with Gasteiger partial charge in [-0.2, -0.15) is 0 Å². The molecule has 2 unspecified atom stereocenters. The molecule has 2 atom stereocenters. The average molecular weight is 919 g/mol. The molecule has 0 heterocycles. The van der Waals surface area contributed by atoms with Crippen molar-refractivity contribution in [2.75, 3.05) is 13.2 Å². The molecule has 386 valence electrons. The first-order valence-electron chi connectivity index (χ1n) is 29.5. The number of amides is 1. The second-order valence-corrected chi connectivity index (χ2v) is 20.3. The number of esters is 1. The van der Waals surface area contributed by atoms with E-state index < -0.39 is 12.1 Å². The first kappa shape index (κ1) is 63.6. The second-order valence-electron chi connectivity index (χ2n) is 20.3. The van der Waals surface area contributed by atoms with E-state index in [0.29, 0.717) is 19.4 Å². The van der Waals surface area contributed by atoms with Crippen LogP contribution in [0.25, 0.3) is 0 Å². The summed E-state index contributed by atoms with van der Waals surface area (Å²) in [5, 5.41) is 23.2. The summed E-state index contributed by atoms with van der Waals surface area (Å²) >= 11 is 0. The molecule has 0 spiro atoms. The third-order valence-corrected chi connectivity index (χ3v) is 13.8. The maximum Gasteiger partial charge on any atom is 0.305 e. The van der Waals surface area contributed by atoms with Gasteiger partial charge in [0.2, 0.25) is 5.91 Å². The predicted octanol–water partition coefficient (Wildman–Crippen LogP) is 18.1. The van der Waals surface area contributed by atoms with Crippen LogP contribution in [0, 0.1) is 0 Å². The van der Waals surface area contributed by atoms with Gasteiger partial charge in [0.05, 0.1) is 25.4 Å². The summed E-state index contributed by atoms with van der Waals surface area (Å²) in [6, 6.07) is -0.634. The molecule has 0 fully saturated rings. The van der Waals surface area contributed by atoms with Gasteiger partial charge in [-0.25, -0.2) is 0 Å². The lowest BCUT2D eigenvalue weighted by Gasteiger charge is -2.20. The Bertz CT molecular complexity index is 970. The minimum absolute atomic E-state index is 0.00254. The van der Waals surface area contributed by atoms with E-state index in [9.17, 15) is 19.8 Å². The molecule has 0 rings (SSSR count). The first-order chi connectivity index (χ1) is 32.0. The van der Waals surface area contributed by atoms with Crippen molar-refractivity contribution < 1.29 is 24.5 Å². The number of unbranched alkanes of at least 4 members (excludes halogenated alkanes) is 44. The predicted molar refractivity (Wildman–Crippen MR) is 283 cm³/mol. The topological polar surface area (TPSA) is 95.9 Å². The average Bonchev–Trinajstić information content (AvgIpc) is 3.31. The minimum Gasteiger partial charge on any atom is -0.466 e. The lowest BCUT2D eigenvalue weighted by atomic mass is 10.0. The summed E-state index contributed by atoms with van der Waals surface area (Å²) in [7, 11) is 0. The SMILES string of the molecule is CCCCCCCCCCCCCCCCCCC/C=C/C(O)C(CO)NC(=O)CCCCCCCCCCCCCCCCCOC(=O)CCCCCCCCCCCCCCCC. The molecular formula is C59H115NO5. The quantitative estimate of drug-likeness (QED) is 0.0321. The molecule has 6 heteroatoms. The summed E-state index contributed by atoms with van der Waals surface area (Å²) in [4.78, 5) is 24.5. The number of hydrogen-bond acceptors (Lipinski definition) is 5. The van der Waals surface area contributed by atoms with Crippen molar-refractivity contribution >= 4 is 11.9 Å². The zero-order chi connectivity index (χ0) is 47.2. The van der Waals surface area contributed by atoms with Crippen molar-refractivity contribution in [2.45, 2.75) is 341 Å². The fourth-order valence-corrected chi connectivity index (χ4v) is 9.28. The molecule has 0 aromatic rings. The van der Waals surface area contributed by atoms with E-state index in [1.807, 2.05) is 6.08 Å². The highest BCUT2D eigenvalue weighted by atomic mass is 16.5. The van der Waals surface area contributed by atoms with Gasteiger partial charge in [0.1, 0.15) is 0 Å². The van der Waals surface area contributed by atoms with Crippen molar-refractivity contribution in [1.82, 2.24) is 5.32 Å². The third kappa shape index (κ3) is 51.8. The normalized spacial score (nSPS) is 12.6. The highest BCUT2D eigenvalue weighted by Crippen LogP contribution is 2.17. The van der Waals surface area contributed by atoms with Crippen molar-refractivity contribution in [2.24, 2.45) is 0 Å². The molecule has 0 aromatic carbocycles. The van der Waals surface area contributed by atoms with Crippen LogP contribution in [0.1, 0.15) is 328 Å². The van der Waals surface area contributed by atoms with Crippen LogP contribution in [0.5, 0.6) is 0 Å². The highest BCUT2D eigenvalue weighted by molar-refractivity contribution is 5.76. The minimum atomic E-state index is -0.850. The lowest BCUT2D eigenvalue weighted by Crippen LogP contribution is -2.45. The van der Waals surface area contributed by atoms with E-state index in [1.54, 1.807) is 6.08 Å². The van der Waals surface area contributed by atoms with Crippen LogP contribution in [-0.2, 0) is 14.3 Å². The fourth-order valence-electron chi connectivity index (χ4n) is 9.28.